The molecule has 1 atom stereocenters. The van der Waals surface area contributed by atoms with E-state index in [1.165, 1.54) is 0 Å². The Hall–Kier alpha value is -1.47. The van der Waals surface area contributed by atoms with Crippen LogP contribution in [-0.4, -0.2) is 64.2 Å². The summed E-state index contributed by atoms with van der Waals surface area (Å²) in [6, 6.07) is 0.0675. The zero-order chi connectivity index (χ0) is 19.0. The van der Waals surface area contributed by atoms with Gasteiger partial charge in [-0.25, -0.2) is 0 Å². The van der Waals surface area contributed by atoms with Crippen molar-refractivity contribution >= 4 is 5.91 Å². The van der Waals surface area contributed by atoms with Crippen molar-refractivity contribution in [1.29, 1.82) is 0 Å². The van der Waals surface area contributed by atoms with Crippen molar-refractivity contribution in [2.75, 3.05) is 32.8 Å². The van der Waals surface area contributed by atoms with Gasteiger partial charge >= 0.3 is 0 Å². The van der Waals surface area contributed by atoms with Crippen LogP contribution >= 0.6 is 0 Å². The summed E-state index contributed by atoms with van der Waals surface area (Å²) in [6.07, 6.45) is 5.01. The topological polar surface area (TPSA) is 71.7 Å². The van der Waals surface area contributed by atoms with Crippen molar-refractivity contribution in [2.24, 2.45) is 5.92 Å². The van der Waals surface area contributed by atoms with Crippen molar-refractivity contribution in [3.05, 3.63) is 11.7 Å². The molecule has 3 fully saturated rings. The Morgan fingerprint density at radius 2 is 1.85 bits per heavy atom. The predicted molar refractivity (Wildman–Crippen MR) is 100 cm³/mol. The van der Waals surface area contributed by atoms with E-state index in [4.69, 9.17) is 9.26 Å². The van der Waals surface area contributed by atoms with Gasteiger partial charge in [-0.15, -0.1) is 0 Å². The molecule has 2 saturated heterocycles. The lowest BCUT2D eigenvalue weighted by Gasteiger charge is -2.45. The number of ether oxygens (including phenoxy) is 1. The summed E-state index contributed by atoms with van der Waals surface area (Å²) in [6.45, 7) is 10.4. The molecule has 7 nitrogen and oxygen atoms in total. The largest absolute Gasteiger partial charge is 0.381 e. The minimum Gasteiger partial charge on any atom is -0.381 e. The second kappa shape index (κ2) is 7.51. The van der Waals surface area contributed by atoms with E-state index in [0.717, 1.165) is 70.8 Å². The zero-order valence-electron chi connectivity index (χ0n) is 16.8. The van der Waals surface area contributed by atoms with Gasteiger partial charge in [-0.3, -0.25) is 9.69 Å². The van der Waals surface area contributed by atoms with Crippen LogP contribution in [0, 0.1) is 5.92 Å². The second-order valence-corrected chi connectivity index (χ2v) is 8.71. The van der Waals surface area contributed by atoms with Crippen molar-refractivity contribution in [3.63, 3.8) is 0 Å². The number of rotatable bonds is 4. The molecule has 4 rings (SSSR count). The zero-order valence-corrected chi connectivity index (χ0v) is 16.8. The van der Waals surface area contributed by atoms with Crippen LogP contribution in [-0.2, 0) is 9.53 Å². The summed E-state index contributed by atoms with van der Waals surface area (Å²) in [7, 11) is 0. The second-order valence-electron chi connectivity index (χ2n) is 8.71. The van der Waals surface area contributed by atoms with Gasteiger partial charge in [0.25, 0.3) is 0 Å². The monoisotopic (exact) mass is 376 g/mol. The van der Waals surface area contributed by atoms with Crippen molar-refractivity contribution in [2.45, 2.75) is 70.4 Å². The average Bonchev–Trinajstić information content (AvgIpc) is 3.43. The first-order valence-corrected chi connectivity index (χ1v) is 10.5. The highest BCUT2D eigenvalue weighted by Crippen LogP contribution is 2.40. The molecule has 1 aliphatic carbocycles. The summed E-state index contributed by atoms with van der Waals surface area (Å²) in [4.78, 5) is 22.2. The van der Waals surface area contributed by atoms with E-state index >= 15 is 0 Å². The first kappa shape index (κ1) is 18.9. The van der Waals surface area contributed by atoms with Crippen LogP contribution in [0.5, 0.6) is 0 Å². The van der Waals surface area contributed by atoms with Crippen LogP contribution in [0.3, 0.4) is 0 Å². The van der Waals surface area contributed by atoms with Gasteiger partial charge in [-0.1, -0.05) is 19.0 Å². The number of hydrogen-bond acceptors (Lipinski definition) is 6. The number of nitrogens with zero attached hydrogens (tertiary/aromatic N) is 4. The predicted octanol–water partition coefficient (Wildman–Crippen LogP) is 2.75. The molecule has 2 aliphatic heterocycles. The van der Waals surface area contributed by atoms with Crippen molar-refractivity contribution in [1.82, 2.24) is 19.9 Å². The van der Waals surface area contributed by atoms with E-state index in [0.29, 0.717) is 11.8 Å². The van der Waals surface area contributed by atoms with Gasteiger partial charge in [0.15, 0.2) is 5.82 Å². The van der Waals surface area contributed by atoms with Gasteiger partial charge in [0, 0.05) is 50.2 Å². The maximum absolute atomic E-state index is 13.0. The number of aromatic nitrogens is 2. The van der Waals surface area contributed by atoms with Gasteiger partial charge in [0.05, 0.1) is 6.04 Å². The molecule has 0 bridgehead atoms. The summed E-state index contributed by atoms with van der Waals surface area (Å²) >= 11 is 0. The first-order chi connectivity index (χ1) is 13.0. The summed E-state index contributed by atoms with van der Waals surface area (Å²) in [5, 5.41) is 4.12. The van der Waals surface area contributed by atoms with Crippen LogP contribution < -0.4 is 0 Å². The number of amides is 1. The van der Waals surface area contributed by atoms with E-state index in [1.807, 2.05) is 0 Å². The van der Waals surface area contributed by atoms with Crippen LogP contribution in [0.1, 0.15) is 76.6 Å². The molecule has 150 valence electrons. The van der Waals surface area contributed by atoms with E-state index in [1.54, 1.807) is 0 Å². The molecule has 1 aromatic rings. The Kier molecular flexibility index (Phi) is 5.25. The Bertz CT molecular complexity index is 664. The third-order valence-electron chi connectivity index (χ3n) is 6.54. The fourth-order valence-corrected chi connectivity index (χ4v) is 4.42. The quantitative estimate of drug-likeness (QED) is 0.805. The average molecular weight is 377 g/mol. The van der Waals surface area contributed by atoms with Gasteiger partial charge in [0.1, 0.15) is 0 Å². The molecular weight excluding hydrogens is 344 g/mol. The molecule has 0 aromatic carbocycles. The first-order valence-electron chi connectivity index (χ1n) is 10.5. The highest BCUT2D eigenvalue weighted by molar-refractivity contribution is 5.82. The molecule has 7 heteroatoms. The molecule has 0 N–H and O–H groups in total. The lowest BCUT2D eigenvalue weighted by molar-refractivity contribution is -0.143. The molecule has 1 unspecified atom stereocenters. The van der Waals surface area contributed by atoms with Gasteiger partial charge in [-0.2, -0.15) is 4.98 Å². The van der Waals surface area contributed by atoms with E-state index in [2.05, 4.69) is 40.7 Å². The molecule has 1 aromatic heterocycles. The Morgan fingerprint density at radius 1 is 1.11 bits per heavy atom. The molecule has 3 heterocycles. The third-order valence-corrected chi connectivity index (χ3v) is 6.54. The molecule has 0 radical (unpaired) electrons. The normalized spacial score (nSPS) is 25.0. The number of carbonyl (C=O) groups is 1. The molecule has 27 heavy (non-hydrogen) atoms. The van der Waals surface area contributed by atoms with Crippen LogP contribution in [0.25, 0.3) is 0 Å². The van der Waals surface area contributed by atoms with Gasteiger partial charge in [-0.05, 0) is 39.0 Å². The fourth-order valence-electron chi connectivity index (χ4n) is 4.42. The minimum atomic E-state index is -0.0374. The fraction of sp³-hybridized carbons (Fsp3) is 0.850. The Labute approximate surface area is 161 Å². The SMILES string of the molecule is CC(C)c1noc(C(C)N2CCN(C(=O)C3CC3)C3(CCOCC3)CC2)n1. The molecular formula is C20H32N4O3. The molecule has 1 spiro atoms. The lowest BCUT2D eigenvalue weighted by Crippen LogP contribution is -2.55. The Balaban J connectivity index is 1.51. The number of carbonyl (C=O) groups excluding carboxylic acids is 1. The van der Waals surface area contributed by atoms with Crippen molar-refractivity contribution < 1.29 is 14.1 Å². The standard InChI is InChI=1S/C20H32N4O3/c1-14(2)17-21-18(27-22-17)15(3)23-9-6-20(7-12-26-13-8-20)24(11-10-23)19(25)16-4-5-16/h14-16H,4-13H2,1-3H3. The van der Waals surface area contributed by atoms with Gasteiger partial charge in [0.2, 0.25) is 11.8 Å². The van der Waals surface area contributed by atoms with Crippen LogP contribution in [0.4, 0.5) is 0 Å². The molecule has 3 aliphatic rings. The van der Waals surface area contributed by atoms with E-state index < -0.39 is 0 Å². The van der Waals surface area contributed by atoms with Crippen LogP contribution in [0.15, 0.2) is 4.52 Å². The Morgan fingerprint density at radius 3 is 2.48 bits per heavy atom. The maximum Gasteiger partial charge on any atom is 0.243 e. The highest BCUT2D eigenvalue weighted by atomic mass is 16.5. The molecule has 1 saturated carbocycles. The van der Waals surface area contributed by atoms with E-state index in [9.17, 15) is 4.79 Å². The third kappa shape index (κ3) is 3.76. The summed E-state index contributed by atoms with van der Waals surface area (Å²) < 4.78 is 11.2. The van der Waals surface area contributed by atoms with Crippen molar-refractivity contribution in [3.8, 4) is 0 Å². The summed E-state index contributed by atoms with van der Waals surface area (Å²) in [5.41, 5.74) is -0.0374. The molecule has 1 amide bonds. The minimum absolute atomic E-state index is 0.0374. The highest BCUT2D eigenvalue weighted by Gasteiger charge is 2.46. The lowest BCUT2D eigenvalue weighted by atomic mass is 9.84. The maximum atomic E-state index is 13.0. The summed E-state index contributed by atoms with van der Waals surface area (Å²) in [5.74, 6) is 2.33. The smallest absolute Gasteiger partial charge is 0.243 e. The van der Waals surface area contributed by atoms with E-state index in [-0.39, 0.29) is 23.4 Å². The van der Waals surface area contributed by atoms with Gasteiger partial charge < -0.3 is 14.2 Å². The van der Waals surface area contributed by atoms with Crippen LogP contribution in [0.2, 0.25) is 0 Å². The number of hydrogen-bond donors (Lipinski definition) is 0.